The number of anilines is 1. The van der Waals surface area contributed by atoms with Crippen molar-refractivity contribution in [3.05, 3.63) is 27.2 Å². The van der Waals surface area contributed by atoms with Gasteiger partial charge in [0, 0.05) is 21.1 Å². The van der Waals surface area contributed by atoms with Gasteiger partial charge in [-0.2, -0.15) is 4.99 Å². The van der Waals surface area contributed by atoms with E-state index in [0.717, 1.165) is 11.8 Å². The molecular weight excluding hydrogens is 383 g/mol. The van der Waals surface area contributed by atoms with Crippen molar-refractivity contribution in [3.8, 4) is 0 Å². The van der Waals surface area contributed by atoms with Crippen LogP contribution in [0.2, 0.25) is 15.1 Å². The summed E-state index contributed by atoms with van der Waals surface area (Å²) >= 11 is 18.7. The van der Waals surface area contributed by atoms with Gasteiger partial charge in [-0.15, -0.1) is 0 Å². The highest BCUT2D eigenvalue weighted by Crippen LogP contribution is 2.32. The number of aliphatic imine (C=N–C) groups is 1. The average molecular weight is 398 g/mol. The maximum atomic E-state index is 12.3. The van der Waals surface area contributed by atoms with Crippen LogP contribution in [0, 0.1) is 0 Å². The summed E-state index contributed by atoms with van der Waals surface area (Å²) in [6, 6.07) is 2.34. The second-order valence-corrected chi connectivity index (χ2v) is 6.49. The van der Waals surface area contributed by atoms with Gasteiger partial charge in [0.15, 0.2) is 0 Å². The third-order valence-electron chi connectivity index (χ3n) is 2.62. The molecule has 0 fully saturated rings. The molecule has 0 aromatic heterocycles. The number of nitrogens with zero attached hydrogens (tertiary/aromatic N) is 3. The number of halogens is 3. The van der Waals surface area contributed by atoms with Gasteiger partial charge in [-0.3, -0.25) is 9.69 Å². The number of carbonyl (C=O) groups excluding carboxylic acids is 2. The van der Waals surface area contributed by atoms with E-state index in [1.54, 1.807) is 25.3 Å². The van der Waals surface area contributed by atoms with Crippen LogP contribution in [0.5, 0.6) is 0 Å². The molecule has 1 aromatic rings. The molecule has 0 aliphatic heterocycles. The predicted molar refractivity (Wildman–Crippen MR) is 98.3 cm³/mol. The van der Waals surface area contributed by atoms with Gasteiger partial charge in [-0.25, -0.2) is 4.79 Å². The number of hydrogen-bond acceptors (Lipinski definition) is 3. The molecule has 0 bridgehead atoms. The smallest absolute Gasteiger partial charge is 0.328 e. The Kier molecular flexibility index (Phi) is 7.47. The lowest BCUT2D eigenvalue weighted by Crippen LogP contribution is -2.44. The number of thioether (sulfide) groups is 1. The van der Waals surface area contributed by atoms with Gasteiger partial charge < -0.3 is 10.2 Å². The van der Waals surface area contributed by atoms with Crippen molar-refractivity contribution in [1.29, 1.82) is 0 Å². The topological polar surface area (TPSA) is 65.0 Å². The second-order valence-electron chi connectivity index (χ2n) is 4.51. The Morgan fingerprint density at radius 2 is 1.65 bits per heavy atom. The first-order chi connectivity index (χ1) is 10.7. The van der Waals surface area contributed by atoms with Crippen LogP contribution in [0.15, 0.2) is 17.1 Å². The normalized spacial score (nSPS) is 11.2. The number of urea groups is 1. The summed E-state index contributed by atoms with van der Waals surface area (Å²) in [7, 11) is 4.82. The zero-order chi connectivity index (χ0) is 17.7. The van der Waals surface area contributed by atoms with Crippen LogP contribution in [-0.2, 0) is 0 Å². The summed E-state index contributed by atoms with van der Waals surface area (Å²) in [4.78, 5) is 30.4. The number of guanidine groups is 1. The average Bonchev–Trinajstić information content (AvgIpc) is 2.48. The van der Waals surface area contributed by atoms with Crippen LogP contribution < -0.4 is 5.32 Å². The molecule has 0 saturated carbocycles. The van der Waals surface area contributed by atoms with Gasteiger partial charge in [-0.1, -0.05) is 46.6 Å². The Hall–Kier alpha value is -1.15. The quantitative estimate of drug-likeness (QED) is 0.430. The number of amides is 3. The molecule has 0 unspecified atom stereocenters. The van der Waals surface area contributed by atoms with Gasteiger partial charge in [-0.05, 0) is 18.4 Å². The molecule has 126 valence electrons. The Labute approximate surface area is 153 Å². The molecule has 0 aliphatic rings. The van der Waals surface area contributed by atoms with E-state index < -0.39 is 11.3 Å². The molecule has 0 radical (unpaired) electrons. The van der Waals surface area contributed by atoms with Crippen molar-refractivity contribution in [3.63, 3.8) is 0 Å². The van der Waals surface area contributed by atoms with Crippen LogP contribution in [0.4, 0.5) is 15.3 Å². The summed E-state index contributed by atoms with van der Waals surface area (Å²) in [6.07, 6.45) is 1.61. The summed E-state index contributed by atoms with van der Waals surface area (Å²) < 4.78 is 0. The maximum absolute atomic E-state index is 12.3. The summed E-state index contributed by atoms with van der Waals surface area (Å²) in [5, 5.41) is 2.95. The molecule has 6 nitrogen and oxygen atoms in total. The standard InChI is InChI=1S/C13H15Cl3N4O2S/c1-19(2)11(18-13(22)23-4)20(3)12(21)17-10-6-8(15)7(14)5-9(10)16/h5-6H,1-4H3,(H,17,21). The molecule has 0 aliphatic carbocycles. The summed E-state index contributed by atoms with van der Waals surface area (Å²) in [6.45, 7) is 0. The lowest BCUT2D eigenvalue weighted by molar-refractivity contribution is 0.236. The summed E-state index contributed by atoms with van der Waals surface area (Å²) in [5.41, 5.74) is 0.298. The van der Waals surface area contributed by atoms with E-state index in [4.69, 9.17) is 34.8 Å². The first kappa shape index (κ1) is 19.9. The van der Waals surface area contributed by atoms with Gasteiger partial charge in [0.2, 0.25) is 5.96 Å². The number of rotatable bonds is 1. The Balaban J connectivity index is 3.02. The molecule has 23 heavy (non-hydrogen) atoms. The van der Waals surface area contributed by atoms with Crippen molar-refractivity contribution < 1.29 is 9.59 Å². The lowest BCUT2D eigenvalue weighted by Gasteiger charge is -2.25. The second kappa shape index (κ2) is 8.63. The van der Waals surface area contributed by atoms with E-state index in [-0.39, 0.29) is 21.0 Å². The molecule has 0 saturated heterocycles. The molecule has 0 heterocycles. The van der Waals surface area contributed by atoms with E-state index >= 15 is 0 Å². The highest BCUT2D eigenvalue weighted by Gasteiger charge is 2.19. The monoisotopic (exact) mass is 396 g/mol. The fraction of sp³-hybridized carbons (Fsp3) is 0.308. The Morgan fingerprint density at radius 1 is 1.09 bits per heavy atom. The van der Waals surface area contributed by atoms with Gasteiger partial charge in [0.1, 0.15) is 0 Å². The molecule has 0 spiro atoms. The maximum Gasteiger partial charge on any atom is 0.328 e. The Bertz CT molecular complexity index is 652. The van der Waals surface area contributed by atoms with Gasteiger partial charge in [0.25, 0.3) is 0 Å². The fourth-order valence-electron chi connectivity index (χ4n) is 1.51. The number of nitrogens with one attached hydrogen (secondary N) is 1. The molecule has 1 rings (SSSR count). The first-order valence-electron chi connectivity index (χ1n) is 6.20. The van der Waals surface area contributed by atoms with Gasteiger partial charge in [0.05, 0.1) is 20.8 Å². The molecule has 10 heteroatoms. The van der Waals surface area contributed by atoms with Crippen molar-refractivity contribution in [1.82, 2.24) is 9.80 Å². The largest absolute Gasteiger partial charge is 0.348 e. The predicted octanol–water partition coefficient (Wildman–Crippen LogP) is 4.51. The third-order valence-corrected chi connectivity index (χ3v) is 4.10. The molecule has 0 atom stereocenters. The van der Waals surface area contributed by atoms with Crippen molar-refractivity contribution >= 4 is 69.5 Å². The minimum atomic E-state index is -0.536. The van der Waals surface area contributed by atoms with Crippen LogP contribution >= 0.6 is 46.6 Å². The van der Waals surface area contributed by atoms with Crippen molar-refractivity contribution in [2.45, 2.75) is 0 Å². The minimum absolute atomic E-state index is 0.179. The summed E-state index contributed by atoms with van der Waals surface area (Å²) in [5.74, 6) is 0.179. The number of benzene rings is 1. The van der Waals surface area contributed by atoms with E-state index in [1.165, 1.54) is 24.1 Å². The van der Waals surface area contributed by atoms with Crippen molar-refractivity contribution in [2.75, 3.05) is 32.7 Å². The SMILES string of the molecule is CSC(=O)N=C(N(C)C)N(C)C(=O)Nc1cc(Cl)c(Cl)cc1Cl. The van der Waals surface area contributed by atoms with E-state index in [0.29, 0.717) is 5.69 Å². The minimum Gasteiger partial charge on any atom is -0.348 e. The molecule has 1 aromatic carbocycles. The van der Waals surface area contributed by atoms with E-state index in [2.05, 4.69) is 10.3 Å². The van der Waals surface area contributed by atoms with Crippen molar-refractivity contribution in [2.24, 2.45) is 4.99 Å². The van der Waals surface area contributed by atoms with Crippen LogP contribution in [0.1, 0.15) is 0 Å². The fourth-order valence-corrected chi connectivity index (χ4v) is 2.28. The third kappa shape index (κ3) is 5.46. The molecule has 3 amide bonds. The highest BCUT2D eigenvalue weighted by molar-refractivity contribution is 8.13. The number of carbonyl (C=O) groups is 2. The van der Waals surface area contributed by atoms with Crippen LogP contribution in [0.3, 0.4) is 0 Å². The van der Waals surface area contributed by atoms with Gasteiger partial charge >= 0.3 is 11.3 Å². The van der Waals surface area contributed by atoms with Crippen LogP contribution in [0.25, 0.3) is 0 Å². The van der Waals surface area contributed by atoms with Crippen LogP contribution in [-0.4, -0.2) is 54.4 Å². The van der Waals surface area contributed by atoms with E-state index in [9.17, 15) is 9.59 Å². The zero-order valence-corrected chi connectivity index (χ0v) is 15.9. The van der Waals surface area contributed by atoms with E-state index in [1.807, 2.05) is 0 Å². The molecular formula is C13H15Cl3N4O2S. The molecule has 1 N–H and O–H groups in total. The first-order valence-corrected chi connectivity index (χ1v) is 8.56. The number of hydrogen-bond donors (Lipinski definition) is 1. The highest BCUT2D eigenvalue weighted by atomic mass is 35.5. The lowest BCUT2D eigenvalue weighted by atomic mass is 10.3. The zero-order valence-electron chi connectivity index (χ0n) is 12.9. The Morgan fingerprint density at radius 3 is 2.17 bits per heavy atom.